The van der Waals surface area contributed by atoms with E-state index < -0.39 is 5.97 Å². The second kappa shape index (κ2) is 5.86. The Balaban J connectivity index is 1.91. The van der Waals surface area contributed by atoms with E-state index in [1.165, 1.54) is 10.6 Å². The first-order chi connectivity index (χ1) is 9.16. The van der Waals surface area contributed by atoms with E-state index in [9.17, 15) is 9.59 Å². The average Bonchev–Trinajstić information content (AvgIpc) is 2.86. The smallest absolute Gasteiger partial charge is 0.352 e. The van der Waals surface area contributed by atoms with Gasteiger partial charge in [-0.2, -0.15) is 0 Å². The maximum atomic E-state index is 11.7. The fourth-order valence-electron chi connectivity index (χ4n) is 1.75. The maximum Gasteiger partial charge on any atom is 0.352 e. The molecule has 5 heteroatoms. The van der Waals surface area contributed by atoms with Crippen LogP contribution in [0.1, 0.15) is 16.1 Å². The number of rotatable bonds is 5. The van der Waals surface area contributed by atoms with Gasteiger partial charge in [0.25, 0.3) is 0 Å². The molecule has 1 aromatic heterocycles. The minimum atomic E-state index is -1.04. The Bertz CT molecular complexity index is 575. The summed E-state index contributed by atoms with van der Waals surface area (Å²) in [5, 5.41) is 11.7. The lowest BCUT2D eigenvalue weighted by atomic mass is 10.2. The standard InChI is InChI=1S/C14H14N2O3/c17-13(15-9-11-5-2-1-3-6-11)10-16-8-4-7-12(16)14(18)19/h1-8H,9-10H2,(H,15,17)(H,18,19). The molecule has 1 amide bonds. The first-order valence-electron chi connectivity index (χ1n) is 5.86. The van der Waals surface area contributed by atoms with Gasteiger partial charge in [0.2, 0.25) is 5.91 Å². The van der Waals surface area contributed by atoms with Gasteiger partial charge in [-0.15, -0.1) is 0 Å². The zero-order chi connectivity index (χ0) is 13.7. The number of benzene rings is 1. The third-order valence-corrected chi connectivity index (χ3v) is 2.70. The van der Waals surface area contributed by atoms with Gasteiger partial charge in [-0.1, -0.05) is 30.3 Å². The van der Waals surface area contributed by atoms with Crippen molar-refractivity contribution in [3.63, 3.8) is 0 Å². The van der Waals surface area contributed by atoms with Gasteiger partial charge in [-0.3, -0.25) is 4.79 Å². The summed E-state index contributed by atoms with van der Waals surface area (Å²) >= 11 is 0. The molecule has 0 aliphatic carbocycles. The van der Waals surface area contributed by atoms with Crippen molar-refractivity contribution >= 4 is 11.9 Å². The van der Waals surface area contributed by atoms with E-state index in [2.05, 4.69) is 5.32 Å². The molecule has 1 heterocycles. The van der Waals surface area contributed by atoms with Gasteiger partial charge in [0, 0.05) is 12.7 Å². The first kappa shape index (κ1) is 12.9. The third-order valence-electron chi connectivity index (χ3n) is 2.70. The number of amides is 1. The van der Waals surface area contributed by atoms with Gasteiger partial charge in [-0.05, 0) is 17.7 Å². The van der Waals surface area contributed by atoms with Gasteiger partial charge in [0.05, 0.1) is 0 Å². The molecule has 98 valence electrons. The quantitative estimate of drug-likeness (QED) is 0.853. The molecule has 1 aromatic carbocycles. The zero-order valence-corrected chi connectivity index (χ0v) is 10.2. The van der Waals surface area contributed by atoms with Gasteiger partial charge in [0.15, 0.2) is 0 Å². The molecule has 5 nitrogen and oxygen atoms in total. The predicted octanol–water partition coefficient (Wildman–Crippen LogP) is 1.50. The number of carbonyl (C=O) groups excluding carboxylic acids is 1. The topological polar surface area (TPSA) is 71.3 Å². The van der Waals surface area contributed by atoms with Crippen molar-refractivity contribution in [2.24, 2.45) is 0 Å². The highest BCUT2D eigenvalue weighted by Crippen LogP contribution is 2.02. The summed E-state index contributed by atoms with van der Waals surface area (Å²) in [5.41, 5.74) is 1.11. The number of carboxylic acid groups (broad SMARTS) is 1. The van der Waals surface area contributed by atoms with Crippen molar-refractivity contribution < 1.29 is 14.7 Å². The monoisotopic (exact) mass is 258 g/mol. The highest BCUT2D eigenvalue weighted by molar-refractivity contribution is 5.86. The van der Waals surface area contributed by atoms with E-state index in [-0.39, 0.29) is 18.1 Å². The summed E-state index contributed by atoms with van der Waals surface area (Å²) in [6.07, 6.45) is 1.57. The maximum absolute atomic E-state index is 11.7. The van der Waals surface area contributed by atoms with Crippen LogP contribution in [0.2, 0.25) is 0 Å². The van der Waals surface area contributed by atoms with Crippen LogP contribution in [0, 0.1) is 0 Å². The minimum absolute atomic E-state index is 0.00146. The van der Waals surface area contributed by atoms with Crippen molar-refractivity contribution in [2.45, 2.75) is 13.1 Å². The van der Waals surface area contributed by atoms with Crippen LogP contribution in [-0.4, -0.2) is 21.6 Å². The molecule has 2 N–H and O–H groups in total. The summed E-state index contributed by atoms with van der Waals surface area (Å²) in [6, 6.07) is 12.6. The number of aromatic nitrogens is 1. The summed E-state index contributed by atoms with van der Waals surface area (Å²) in [4.78, 5) is 22.6. The molecule has 0 spiro atoms. The Kier molecular flexibility index (Phi) is 3.97. The van der Waals surface area contributed by atoms with E-state index >= 15 is 0 Å². The van der Waals surface area contributed by atoms with Crippen LogP contribution in [-0.2, 0) is 17.9 Å². The lowest BCUT2D eigenvalue weighted by Gasteiger charge is -2.08. The highest BCUT2D eigenvalue weighted by atomic mass is 16.4. The number of nitrogens with one attached hydrogen (secondary N) is 1. The number of carbonyl (C=O) groups is 2. The molecule has 0 fully saturated rings. The van der Waals surface area contributed by atoms with Crippen LogP contribution in [0.25, 0.3) is 0 Å². The van der Waals surface area contributed by atoms with Crippen LogP contribution < -0.4 is 5.32 Å². The molecule has 2 aromatic rings. The number of carboxylic acids is 1. The molecule has 0 bridgehead atoms. The second-order valence-electron chi connectivity index (χ2n) is 4.09. The van der Waals surface area contributed by atoms with Crippen molar-refractivity contribution in [1.82, 2.24) is 9.88 Å². The largest absolute Gasteiger partial charge is 0.477 e. The number of aromatic carboxylic acids is 1. The van der Waals surface area contributed by atoms with E-state index in [0.29, 0.717) is 6.54 Å². The SMILES string of the molecule is O=C(Cn1cccc1C(=O)O)NCc1ccccc1. The van der Waals surface area contributed by atoms with Crippen LogP contribution in [0.15, 0.2) is 48.7 Å². The van der Waals surface area contributed by atoms with E-state index in [0.717, 1.165) is 5.56 Å². The molecular weight excluding hydrogens is 244 g/mol. The van der Waals surface area contributed by atoms with Gasteiger partial charge in [-0.25, -0.2) is 4.79 Å². The molecule has 19 heavy (non-hydrogen) atoms. The van der Waals surface area contributed by atoms with Crippen molar-refractivity contribution in [3.05, 3.63) is 59.9 Å². The number of nitrogens with zero attached hydrogens (tertiary/aromatic N) is 1. The van der Waals surface area contributed by atoms with Crippen molar-refractivity contribution in [1.29, 1.82) is 0 Å². The second-order valence-corrected chi connectivity index (χ2v) is 4.09. The zero-order valence-electron chi connectivity index (χ0n) is 10.2. The molecule has 0 saturated heterocycles. The average molecular weight is 258 g/mol. The van der Waals surface area contributed by atoms with Crippen LogP contribution in [0.5, 0.6) is 0 Å². The van der Waals surface area contributed by atoms with E-state index in [1.807, 2.05) is 30.3 Å². The molecule has 0 saturated carbocycles. The summed E-state index contributed by atoms with van der Waals surface area (Å²) < 4.78 is 1.41. The first-order valence-corrected chi connectivity index (χ1v) is 5.86. The number of hydrogen-bond acceptors (Lipinski definition) is 2. The predicted molar refractivity (Wildman–Crippen MR) is 69.7 cm³/mol. The summed E-state index contributed by atoms with van der Waals surface area (Å²) in [5.74, 6) is -1.26. The normalized spacial score (nSPS) is 10.1. The molecule has 0 unspecified atom stereocenters. The molecule has 2 rings (SSSR count). The fourth-order valence-corrected chi connectivity index (χ4v) is 1.75. The van der Waals surface area contributed by atoms with E-state index in [4.69, 9.17) is 5.11 Å². The van der Waals surface area contributed by atoms with Crippen LogP contribution in [0.3, 0.4) is 0 Å². The minimum Gasteiger partial charge on any atom is -0.477 e. The van der Waals surface area contributed by atoms with E-state index in [1.54, 1.807) is 12.3 Å². The molecule has 0 atom stereocenters. The van der Waals surface area contributed by atoms with Crippen molar-refractivity contribution in [2.75, 3.05) is 0 Å². The van der Waals surface area contributed by atoms with Gasteiger partial charge < -0.3 is 15.0 Å². The highest BCUT2D eigenvalue weighted by Gasteiger charge is 2.11. The van der Waals surface area contributed by atoms with Gasteiger partial charge in [0.1, 0.15) is 12.2 Å². The van der Waals surface area contributed by atoms with Crippen LogP contribution >= 0.6 is 0 Å². The third kappa shape index (κ3) is 3.45. The molecule has 0 radical (unpaired) electrons. The number of hydrogen-bond donors (Lipinski definition) is 2. The van der Waals surface area contributed by atoms with Crippen molar-refractivity contribution in [3.8, 4) is 0 Å². The Hall–Kier alpha value is -2.56. The summed E-state index contributed by atoms with van der Waals surface area (Å²) in [7, 11) is 0. The Morgan fingerprint density at radius 3 is 2.53 bits per heavy atom. The Morgan fingerprint density at radius 1 is 1.11 bits per heavy atom. The lowest BCUT2D eigenvalue weighted by molar-refractivity contribution is -0.121. The summed E-state index contributed by atoms with van der Waals surface area (Å²) in [6.45, 7) is 0.435. The Labute approximate surface area is 110 Å². The van der Waals surface area contributed by atoms with Gasteiger partial charge >= 0.3 is 5.97 Å². The fraction of sp³-hybridized carbons (Fsp3) is 0.143. The molecule has 0 aliphatic rings. The van der Waals surface area contributed by atoms with Crippen LogP contribution in [0.4, 0.5) is 0 Å². The molecule has 0 aliphatic heterocycles. The Morgan fingerprint density at radius 2 is 1.84 bits per heavy atom. The lowest BCUT2D eigenvalue weighted by Crippen LogP contribution is -2.28. The molecular formula is C14H14N2O3.